The lowest BCUT2D eigenvalue weighted by molar-refractivity contribution is 0.722. The van der Waals surface area contributed by atoms with Crippen LogP contribution in [0.1, 0.15) is 24.3 Å². The first-order valence-electron chi connectivity index (χ1n) is 6.55. The molecule has 18 heavy (non-hydrogen) atoms. The van der Waals surface area contributed by atoms with Crippen molar-refractivity contribution >= 4 is 11.6 Å². The molecule has 3 unspecified atom stereocenters. The first kappa shape index (κ1) is 11.8. The summed E-state index contributed by atoms with van der Waals surface area (Å²) in [5, 5.41) is 0.185. The number of halogens is 1. The van der Waals surface area contributed by atoms with E-state index in [1.54, 1.807) is 0 Å². The zero-order chi connectivity index (χ0) is 12.5. The molecule has 0 amide bonds. The molecule has 0 radical (unpaired) electrons. The molecule has 3 rings (SSSR count). The Labute approximate surface area is 114 Å². The molecule has 1 aliphatic carbocycles. The van der Waals surface area contributed by atoms with Crippen LogP contribution in [0.4, 0.5) is 0 Å². The van der Waals surface area contributed by atoms with E-state index in [0.29, 0.717) is 5.92 Å². The predicted molar refractivity (Wildman–Crippen MR) is 77.7 cm³/mol. The van der Waals surface area contributed by atoms with Gasteiger partial charge < -0.3 is 0 Å². The number of alkyl halides is 1. The Morgan fingerprint density at radius 2 is 1.50 bits per heavy atom. The van der Waals surface area contributed by atoms with Crippen LogP contribution in [0.25, 0.3) is 11.1 Å². The highest BCUT2D eigenvalue weighted by Gasteiger charge is 2.39. The molecule has 0 aliphatic heterocycles. The van der Waals surface area contributed by atoms with Crippen LogP contribution in [0.15, 0.2) is 54.6 Å². The molecule has 1 aliphatic rings. The maximum atomic E-state index is 6.50. The Hall–Kier alpha value is -1.27. The molecule has 0 bridgehead atoms. The van der Waals surface area contributed by atoms with E-state index in [-0.39, 0.29) is 5.38 Å². The third kappa shape index (κ3) is 2.30. The monoisotopic (exact) mass is 256 g/mol. The molecule has 0 heterocycles. The van der Waals surface area contributed by atoms with Gasteiger partial charge in [-0.25, -0.2) is 0 Å². The van der Waals surface area contributed by atoms with Crippen LogP contribution in [0.2, 0.25) is 0 Å². The second-order valence-corrected chi connectivity index (χ2v) is 5.74. The molecule has 0 saturated heterocycles. The summed E-state index contributed by atoms with van der Waals surface area (Å²) in [5.74, 6) is 1.47. The summed E-state index contributed by atoms with van der Waals surface area (Å²) in [7, 11) is 0. The Morgan fingerprint density at radius 1 is 0.944 bits per heavy atom. The second kappa shape index (κ2) is 4.78. The van der Waals surface area contributed by atoms with Crippen molar-refractivity contribution in [1.29, 1.82) is 0 Å². The van der Waals surface area contributed by atoms with E-state index in [0.717, 1.165) is 5.92 Å². The Morgan fingerprint density at radius 3 is 2.06 bits per heavy atom. The van der Waals surface area contributed by atoms with Gasteiger partial charge in [0.15, 0.2) is 0 Å². The smallest absolute Gasteiger partial charge is 0.0616 e. The van der Waals surface area contributed by atoms with Crippen molar-refractivity contribution in [2.45, 2.75) is 18.7 Å². The quantitative estimate of drug-likeness (QED) is 0.655. The fraction of sp³-hybridized carbons (Fsp3) is 0.294. The molecule has 1 heteroatoms. The first-order chi connectivity index (χ1) is 8.75. The van der Waals surface area contributed by atoms with Crippen molar-refractivity contribution in [2.75, 3.05) is 0 Å². The van der Waals surface area contributed by atoms with Crippen LogP contribution in [0.3, 0.4) is 0 Å². The van der Waals surface area contributed by atoms with Gasteiger partial charge in [0.1, 0.15) is 0 Å². The highest BCUT2D eigenvalue weighted by molar-refractivity contribution is 6.21. The van der Waals surface area contributed by atoms with E-state index < -0.39 is 0 Å². The van der Waals surface area contributed by atoms with E-state index in [1.165, 1.54) is 23.1 Å². The van der Waals surface area contributed by atoms with Gasteiger partial charge in [-0.2, -0.15) is 0 Å². The largest absolute Gasteiger partial charge is 0.118 e. The minimum absolute atomic E-state index is 0.185. The highest BCUT2D eigenvalue weighted by Crippen LogP contribution is 2.50. The highest BCUT2D eigenvalue weighted by atomic mass is 35.5. The summed E-state index contributed by atoms with van der Waals surface area (Å²) >= 11 is 6.50. The van der Waals surface area contributed by atoms with Crippen LogP contribution in [-0.4, -0.2) is 0 Å². The van der Waals surface area contributed by atoms with Gasteiger partial charge in [0, 0.05) is 0 Å². The Bertz CT molecular complexity index is 515. The van der Waals surface area contributed by atoms with Gasteiger partial charge in [-0.05, 0) is 34.9 Å². The summed E-state index contributed by atoms with van der Waals surface area (Å²) in [4.78, 5) is 0. The first-order valence-corrected chi connectivity index (χ1v) is 6.99. The molecule has 3 atom stereocenters. The standard InChI is InChI=1S/C17H17Cl/c1-12-11-16(12)17(18)15-9-7-14(8-10-15)13-5-3-2-4-6-13/h2-10,12,16-17H,11H2,1H3. The van der Waals surface area contributed by atoms with Crippen molar-refractivity contribution < 1.29 is 0 Å². The van der Waals surface area contributed by atoms with E-state index in [9.17, 15) is 0 Å². The van der Waals surface area contributed by atoms with Gasteiger partial charge in [-0.1, -0.05) is 61.5 Å². The lowest BCUT2D eigenvalue weighted by Gasteiger charge is -2.10. The molecule has 2 aromatic rings. The van der Waals surface area contributed by atoms with Crippen LogP contribution in [0.5, 0.6) is 0 Å². The minimum atomic E-state index is 0.185. The van der Waals surface area contributed by atoms with Gasteiger partial charge in [-0.3, -0.25) is 0 Å². The van der Waals surface area contributed by atoms with Crippen molar-refractivity contribution in [1.82, 2.24) is 0 Å². The summed E-state index contributed by atoms with van der Waals surface area (Å²) < 4.78 is 0. The van der Waals surface area contributed by atoms with E-state index in [2.05, 4.69) is 55.5 Å². The molecule has 0 aromatic heterocycles. The fourth-order valence-electron chi connectivity index (χ4n) is 2.50. The van der Waals surface area contributed by atoms with Crippen LogP contribution < -0.4 is 0 Å². The maximum Gasteiger partial charge on any atom is 0.0616 e. The molecule has 1 fully saturated rings. The van der Waals surface area contributed by atoms with Gasteiger partial charge >= 0.3 is 0 Å². The van der Waals surface area contributed by atoms with Gasteiger partial charge in [-0.15, -0.1) is 11.6 Å². The molecule has 0 nitrogen and oxygen atoms in total. The zero-order valence-electron chi connectivity index (χ0n) is 10.5. The maximum absolute atomic E-state index is 6.50. The van der Waals surface area contributed by atoms with E-state index in [1.807, 2.05) is 6.07 Å². The number of benzene rings is 2. The SMILES string of the molecule is CC1CC1C(Cl)c1ccc(-c2ccccc2)cc1. The van der Waals surface area contributed by atoms with E-state index in [4.69, 9.17) is 11.6 Å². The van der Waals surface area contributed by atoms with Crippen molar-refractivity contribution in [3.63, 3.8) is 0 Å². The minimum Gasteiger partial charge on any atom is -0.118 e. The predicted octanol–water partition coefficient (Wildman–Crippen LogP) is 5.29. The van der Waals surface area contributed by atoms with Crippen LogP contribution >= 0.6 is 11.6 Å². The molecule has 0 spiro atoms. The second-order valence-electron chi connectivity index (χ2n) is 5.27. The molecular weight excluding hydrogens is 240 g/mol. The van der Waals surface area contributed by atoms with Crippen LogP contribution in [0, 0.1) is 11.8 Å². The topological polar surface area (TPSA) is 0 Å². The van der Waals surface area contributed by atoms with Crippen LogP contribution in [-0.2, 0) is 0 Å². The summed E-state index contributed by atoms with van der Waals surface area (Å²) in [5.41, 5.74) is 3.77. The zero-order valence-corrected chi connectivity index (χ0v) is 11.3. The normalized spacial score (nSPS) is 23.7. The molecule has 92 valence electrons. The Balaban J connectivity index is 1.81. The third-order valence-electron chi connectivity index (χ3n) is 3.88. The van der Waals surface area contributed by atoms with Crippen molar-refractivity contribution in [3.05, 3.63) is 60.2 Å². The lowest BCUT2D eigenvalue weighted by atomic mass is 10.0. The number of hydrogen-bond donors (Lipinski definition) is 0. The summed E-state index contributed by atoms with van der Waals surface area (Å²) in [6.07, 6.45) is 1.27. The molecule has 2 aromatic carbocycles. The van der Waals surface area contributed by atoms with Crippen molar-refractivity contribution in [2.24, 2.45) is 11.8 Å². The fourth-order valence-corrected chi connectivity index (χ4v) is 2.99. The number of hydrogen-bond acceptors (Lipinski definition) is 0. The van der Waals surface area contributed by atoms with Crippen molar-refractivity contribution in [3.8, 4) is 11.1 Å². The lowest BCUT2D eigenvalue weighted by Crippen LogP contribution is -1.94. The summed E-state index contributed by atoms with van der Waals surface area (Å²) in [6.45, 7) is 2.28. The molecular formula is C17H17Cl. The molecule has 0 N–H and O–H groups in total. The third-order valence-corrected chi connectivity index (χ3v) is 4.46. The average Bonchev–Trinajstić information content (AvgIpc) is 3.16. The van der Waals surface area contributed by atoms with Gasteiger partial charge in [0.25, 0.3) is 0 Å². The van der Waals surface area contributed by atoms with Gasteiger partial charge in [0.2, 0.25) is 0 Å². The number of rotatable bonds is 3. The molecule has 1 saturated carbocycles. The Kier molecular flexibility index (Phi) is 3.13. The van der Waals surface area contributed by atoms with Gasteiger partial charge in [0.05, 0.1) is 5.38 Å². The van der Waals surface area contributed by atoms with E-state index >= 15 is 0 Å². The average molecular weight is 257 g/mol. The summed E-state index contributed by atoms with van der Waals surface area (Å²) in [6, 6.07) is 19.1.